The van der Waals surface area contributed by atoms with Crippen molar-refractivity contribution in [3.63, 3.8) is 0 Å². The number of nitrogens with zero attached hydrogens (tertiary/aromatic N) is 1. The number of para-hydroxylation sites is 1. The Morgan fingerprint density at radius 3 is 2.48 bits per heavy atom. The first kappa shape index (κ1) is 12.9. The fourth-order valence-electron chi connectivity index (χ4n) is 1.86. The van der Waals surface area contributed by atoms with Crippen LogP contribution in [0.2, 0.25) is 0 Å². The maximum absolute atomic E-state index is 10.8. The molecule has 0 fully saturated rings. The molecule has 104 valence electrons. The number of ether oxygens (including phenoxy) is 1. The minimum Gasteiger partial charge on any atom is -0.475 e. The molecule has 1 aromatic heterocycles. The summed E-state index contributed by atoms with van der Waals surface area (Å²) in [4.78, 5) is 10.8. The van der Waals surface area contributed by atoms with E-state index >= 15 is 0 Å². The number of hydrogen-bond acceptors (Lipinski definition) is 4. The van der Waals surface area contributed by atoms with Gasteiger partial charge in [-0.2, -0.15) is 0 Å². The number of aromatic carboxylic acids is 1. The van der Waals surface area contributed by atoms with Crippen molar-refractivity contribution in [3.8, 4) is 22.8 Å². The van der Waals surface area contributed by atoms with Gasteiger partial charge < -0.3 is 14.4 Å². The Bertz CT molecular complexity index is 765. The van der Waals surface area contributed by atoms with Crippen molar-refractivity contribution in [3.05, 3.63) is 66.4 Å². The zero-order chi connectivity index (χ0) is 14.7. The molecule has 0 bridgehead atoms. The van der Waals surface area contributed by atoms with Gasteiger partial charge in [0.15, 0.2) is 0 Å². The molecule has 0 radical (unpaired) electrons. The lowest BCUT2D eigenvalue weighted by Gasteiger charge is -2.06. The molecule has 0 saturated carbocycles. The van der Waals surface area contributed by atoms with Crippen molar-refractivity contribution in [2.24, 2.45) is 0 Å². The average Bonchev–Trinajstić information content (AvgIpc) is 2.99. The Balaban J connectivity index is 1.87. The van der Waals surface area contributed by atoms with Crippen LogP contribution in [0.15, 0.2) is 65.2 Å². The number of aromatic nitrogens is 1. The van der Waals surface area contributed by atoms with Gasteiger partial charge in [0.25, 0.3) is 0 Å². The quantitative estimate of drug-likeness (QED) is 0.786. The maximum Gasteiger partial charge on any atom is 0.374 e. The van der Waals surface area contributed by atoms with Crippen molar-refractivity contribution in [1.82, 2.24) is 5.16 Å². The van der Waals surface area contributed by atoms with E-state index in [9.17, 15) is 4.79 Å². The van der Waals surface area contributed by atoms with Gasteiger partial charge in [-0.25, -0.2) is 4.79 Å². The second-order valence-electron chi connectivity index (χ2n) is 4.32. The molecule has 21 heavy (non-hydrogen) atoms. The van der Waals surface area contributed by atoms with Gasteiger partial charge in [-0.15, -0.1) is 0 Å². The lowest BCUT2D eigenvalue weighted by Crippen LogP contribution is -1.91. The summed E-state index contributed by atoms with van der Waals surface area (Å²) >= 11 is 0. The van der Waals surface area contributed by atoms with Crippen LogP contribution in [0.1, 0.15) is 10.6 Å². The molecule has 0 amide bonds. The normalized spacial score (nSPS) is 10.3. The average molecular weight is 281 g/mol. The van der Waals surface area contributed by atoms with Crippen molar-refractivity contribution in [2.45, 2.75) is 0 Å². The predicted octanol–water partition coefficient (Wildman–Crippen LogP) is 3.83. The number of benzene rings is 2. The van der Waals surface area contributed by atoms with E-state index in [0.29, 0.717) is 11.4 Å². The first-order valence-electron chi connectivity index (χ1n) is 6.26. The Labute approximate surface area is 120 Å². The van der Waals surface area contributed by atoms with Crippen LogP contribution in [0, 0.1) is 0 Å². The van der Waals surface area contributed by atoms with Gasteiger partial charge in [0.05, 0.1) is 0 Å². The molecule has 0 aliphatic carbocycles. The predicted molar refractivity (Wildman–Crippen MR) is 75.4 cm³/mol. The third-order valence-electron chi connectivity index (χ3n) is 2.83. The van der Waals surface area contributed by atoms with Crippen LogP contribution >= 0.6 is 0 Å². The van der Waals surface area contributed by atoms with E-state index in [4.69, 9.17) is 14.4 Å². The van der Waals surface area contributed by atoms with E-state index in [0.717, 1.165) is 11.3 Å². The molecular formula is C16H11NO4. The van der Waals surface area contributed by atoms with Gasteiger partial charge in [0.2, 0.25) is 5.76 Å². The number of rotatable bonds is 4. The maximum atomic E-state index is 10.8. The molecule has 2 aromatic carbocycles. The van der Waals surface area contributed by atoms with Crippen molar-refractivity contribution in [1.29, 1.82) is 0 Å². The second kappa shape index (κ2) is 5.50. The molecule has 0 spiro atoms. The molecule has 5 nitrogen and oxygen atoms in total. The van der Waals surface area contributed by atoms with Crippen molar-refractivity contribution < 1.29 is 19.2 Å². The summed E-state index contributed by atoms with van der Waals surface area (Å²) in [5.41, 5.74) is 1.17. The highest BCUT2D eigenvalue weighted by Gasteiger charge is 2.12. The number of hydrogen-bond donors (Lipinski definition) is 1. The summed E-state index contributed by atoms with van der Waals surface area (Å²) in [5, 5.41) is 12.6. The SMILES string of the molecule is O=C(O)c1cc(-c2cccc(Oc3ccccc3)c2)no1. The number of carboxylic acid groups (broad SMARTS) is 1. The molecular weight excluding hydrogens is 270 g/mol. The Morgan fingerprint density at radius 2 is 1.76 bits per heavy atom. The minimum atomic E-state index is -1.15. The van der Waals surface area contributed by atoms with Crippen LogP contribution in [0.5, 0.6) is 11.5 Å². The summed E-state index contributed by atoms with van der Waals surface area (Å²) in [5.74, 6) is 0.0180. The Kier molecular flexibility index (Phi) is 3.39. The summed E-state index contributed by atoms with van der Waals surface area (Å²) in [6, 6.07) is 18.0. The standard InChI is InChI=1S/C16H11NO4/c18-16(19)15-10-14(17-21-15)11-5-4-8-13(9-11)20-12-6-2-1-3-7-12/h1-10H,(H,18,19). The van der Waals surface area contributed by atoms with Crippen LogP contribution in [-0.2, 0) is 0 Å². The molecule has 1 N–H and O–H groups in total. The van der Waals surface area contributed by atoms with E-state index in [1.807, 2.05) is 42.5 Å². The lowest BCUT2D eigenvalue weighted by atomic mass is 10.1. The third-order valence-corrected chi connectivity index (χ3v) is 2.83. The van der Waals surface area contributed by atoms with Gasteiger partial charge in [0.1, 0.15) is 17.2 Å². The third kappa shape index (κ3) is 2.92. The zero-order valence-corrected chi connectivity index (χ0v) is 10.9. The minimum absolute atomic E-state index is 0.195. The molecule has 1 heterocycles. The highest BCUT2D eigenvalue weighted by Crippen LogP contribution is 2.27. The van der Waals surface area contributed by atoms with Crippen LogP contribution in [0.3, 0.4) is 0 Å². The van der Waals surface area contributed by atoms with Crippen LogP contribution in [0.4, 0.5) is 0 Å². The fraction of sp³-hybridized carbons (Fsp3) is 0. The highest BCUT2D eigenvalue weighted by molar-refractivity contribution is 5.85. The van der Waals surface area contributed by atoms with E-state index in [1.165, 1.54) is 6.07 Å². The molecule has 5 heteroatoms. The van der Waals surface area contributed by atoms with E-state index < -0.39 is 5.97 Å². The number of carboxylic acids is 1. The van der Waals surface area contributed by atoms with Gasteiger partial charge in [-0.1, -0.05) is 35.5 Å². The fourth-order valence-corrected chi connectivity index (χ4v) is 1.86. The molecule has 0 saturated heterocycles. The molecule has 3 rings (SSSR count). The van der Waals surface area contributed by atoms with Crippen LogP contribution in [-0.4, -0.2) is 16.2 Å². The van der Waals surface area contributed by atoms with Gasteiger partial charge >= 0.3 is 5.97 Å². The summed E-state index contributed by atoms with van der Waals surface area (Å²) < 4.78 is 10.5. The largest absolute Gasteiger partial charge is 0.475 e. The summed E-state index contributed by atoms with van der Waals surface area (Å²) in [7, 11) is 0. The Morgan fingerprint density at radius 1 is 1.00 bits per heavy atom. The molecule has 0 unspecified atom stereocenters. The highest BCUT2D eigenvalue weighted by atomic mass is 16.5. The van der Waals surface area contributed by atoms with Crippen LogP contribution < -0.4 is 4.74 Å². The first-order valence-corrected chi connectivity index (χ1v) is 6.26. The molecule has 3 aromatic rings. The van der Waals surface area contributed by atoms with Gasteiger partial charge in [-0.3, -0.25) is 0 Å². The first-order chi connectivity index (χ1) is 10.2. The van der Waals surface area contributed by atoms with Gasteiger partial charge in [-0.05, 0) is 24.3 Å². The van der Waals surface area contributed by atoms with Crippen LogP contribution in [0.25, 0.3) is 11.3 Å². The zero-order valence-electron chi connectivity index (χ0n) is 10.9. The summed E-state index contributed by atoms with van der Waals surface area (Å²) in [6.45, 7) is 0. The van der Waals surface area contributed by atoms with E-state index in [2.05, 4.69) is 5.16 Å². The topological polar surface area (TPSA) is 72.6 Å². The van der Waals surface area contributed by atoms with E-state index in [-0.39, 0.29) is 5.76 Å². The second-order valence-corrected chi connectivity index (χ2v) is 4.32. The smallest absolute Gasteiger partial charge is 0.374 e. The van der Waals surface area contributed by atoms with Crippen molar-refractivity contribution in [2.75, 3.05) is 0 Å². The van der Waals surface area contributed by atoms with Gasteiger partial charge in [0, 0.05) is 11.6 Å². The molecule has 0 aliphatic heterocycles. The molecule has 0 atom stereocenters. The molecule has 0 aliphatic rings. The monoisotopic (exact) mass is 281 g/mol. The number of carbonyl (C=O) groups is 1. The van der Waals surface area contributed by atoms with Crippen molar-refractivity contribution >= 4 is 5.97 Å². The Hall–Kier alpha value is -3.08. The van der Waals surface area contributed by atoms with E-state index in [1.54, 1.807) is 12.1 Å². The summed E-state index contributed by atoms with van der Waals surface area (Å²) in [6.07, 6.45) is 0. The lowest BCUT2D eigenvalue weighted by molar-refractivity contribution is 0.0652.